The molecule has 0 unspecified atom stereocenters. The van der Waals surface area contributed by atoms with Gasteiger partial charge in [-0.1, -0.05) is 20.8 Å². The molecule has 0 N–H and O–H groups in total. The van der Waals surface area contributed by atoms with Gasteiger partial charge in [0.15, 0.2) is 0 Å². The second-order valence-corrected chi connectivity index (χ2v) is 5.89. The first kappa shape index (κ1) is 9.59. The summed E-state index contributed by atoms with van der Waals surface area (Å²) >= 11 is 1.80. The van der Waals surface area contributed by atoms with E-state index in [-0.39, 0.29) is 0 Å². The van der Waals surface area contributed by atoms with Crippen LogP contribution in [0.3, 0.4) is 0 Å². The SMILES string of the molecule is CC(C)(C)Cc1cc2ncncc2s1. The van der Waals surface area contributed by atoms with Crippen molar-refractivity contribution in [3.63, 3.8) is 0 Å². The monoisotopic (exact) mass is 206 g/mol. The zero-order chi connectivity index (χ0) is 10.2. The van der Waals surface area contributed by atoms with Gasteiger partial charge in [0.05, 0.1) is 10.2 Å². The lowest BCUT2D eigenvalue weighted by Gasteiger charge is -2.15. The molecule has 0 fully saturated rings. The number of aromatic nitrogens is 2. The molecule has 0 saturated carbocycles. The Bertz CT molecular complexity index is 407. The van der Waals surface area contributed by atoms with E-state index in [1.165, 1.54) is 9.58 Å². The number of thiophene rings is 1. The molecule has 0 aliphatic rings. The molecule has 0 radical (unpaired) electrons. The van der Waals surface area contributed by atoms with Crippen LogP contribution in [0.1, 0.15) is 25.6 Å². The zero-order valence-electron chi connectivity index (χ0n) is 8.74. The second-order valence-electron chi connectivity index (χ2n) is 4.72. The minimum atomic E-state index is 0.342. The van der Waals surface area contributed by atoms with Gasteiger partial charge in [-0.3, -0.25) is 0 Å². The fraction of sp³-hybridized carbons (Fsp3) is 0.455. The fourth-order valence-corrected chi connectivity index (χ4v) is 2.73. The first-order chi connectivity index (χ1) is 6.54. The molecule has 14 heavy (non-hydrogen) atoms. The van der Waals surface area contributed by atoms with E-state index in [1.807, 2.05) is 6.20 Å². The highest BCUT2D eigenvalue weighted by Gasteiger charge is 2.13. The first-order valence-corrected chi connectivity index (χ1v) is 5.55. The van der Waals surface area contributed by atoms with Crippen molar-refractivity contribution in [1.82, 2.24) is 9.97 Å². The van der Waals surface area contributed by atoms with Crippen LogP contribution in [-0.2, 0) is 6.42 Å². The molecular weight excluding hydrogens is 192 g/mol. The van der Waals surface area contributed by atoms with Crippen LogP contribution >= 0.6 is 11.3 Å². The summed E-state index contributed by atoms with van der Waals surface area (Å²) in [6, 6.07) is 2.17. The Labute approximate surface area is 88.0 Å². The molecule has 2 aromatic heterocycles. The molecule has 0 bridgehead atoms. The Balaban J connectivity index is 2.36. The van der Waals surface area contributed by atoms with Gasteiger partial charge in [-0.2, -0.15) is 0 Å². The van der Waals surface area contributed by atoms with Gasteiger partial charge < -0.3 is 0 Å². The van der Waals surface area contributed by atoms with Crippen LogP contribution in [0.5, 0.6) is 0 Å². The molecule has 0 aliphatic carbocycles. The highest BCUT2D eigenvalue weighted by molar-refractivity contribution is 7.18. The van der Waals surface area contributed by atoms with Gasteiger partial charge in [0.2, 0.25) is 0 Å². The predicted octanol–water partition coefficient (Wildman–Crippen LogP) is 3.28. The van der Waals surface area contributed by atoms with E-state index in [0.717, 1.165) is 11.9 Å². The topological polar surface area (TPSA) is 25.8 Å². The Morgan fingerprint density at radius 3 is 2.79 bits per heavy atom. The van der Waals surface area contributed by atoms with Crippen molar-refractivity contribution in [2.24, 2.45) is 5.41 Å². The average molecular weight is 206 g/mol. The van der Waals surface area contributed by atoms with Crippen molar-refractivity contribution in [2.45, 2.75) is 27.2 Å². The Morgan fingerprint density at radius 2 is 2.14 bits per heavy atom. The molecule has 0 atom stereocenters. The highest BCUT2D eigenvalue weighted by atomic mass is 32.1. The van der Waals surface area contributed by atoms with E-state index >= 15 is 0 Å². The van der Waals surface area contributed by atoms with Crippen molar-refractivity contribution in [1.29, 1.82) is 0 Å². The summed E-state index contributed by atoms with van der Waals surface area (Å²) in [7, 11) is 0. The number of hydrogen-bond acceptors (Lipinski definition) is 3. The Hall–Kier alpha value is -0.960. The molecule has 0 spiro atoms. The van der Waals surface area contributed by atoms with Gasteiger partial charge in [0.25, 0.3) is 0 Å². The van der Waals surface area contributed by atoms with E-state index in [1.54, 1.807) is 17.7 Å². The largest absolute Gasteiger partial charge is 0.243 e. The minimum Gasteiger partial charge on any atom is -0.243 e. The molecule has 3 heteroatoms. The summed E-state index contributed by atoms with van der Waals surface area (Å²) in [6.07, 6.45) is 4.60. The lowest BCUT2D eigenvalue weighted by molar-refractivity contribution is 0.415. The van der Waals surface area contributed by atoms with E-state index in [9.17, 15) is 0 Å². The minimum absolute atomic E-state index is 0.342. The summed E-state index contributed by atoms with van der Waals surface area (Å²) in [5.74, 6) is 0. The smallest absolute Gasteiger partial charge is 0.116 e. The van der Waals surface area contributed by atoms with Crippen molar-refractivity contribution in [3.8, 4) is 0 Å². The normalized spacial score (nSPS) is 12.2. The molecule has 2 aromatic rings. The van der Waals surface area contributed by atoms with Crippen molar-refractivity contribution in [3.05, 3.63) is 23.5 Å². The molecule has 2 rings (SSSR count). The molecular formula is C11H14N2S. The van der Waals surface area contributed by atoms with Gasteiger partial charge in [-0.15, -0.1) is 11.3 Å². The number of rotatable bonds is 1. The molecule has 2 nitrogen and oxygen atoms in total. The average Bonchev–Trinajstić information content (AvgIpc) is 2.42. The van der Waals surface area contributed by atoms with E-state index in [0.29, 0.717) is 5.41 Å². The molecule has 0 aromatic carbocycles. The third-order valence-electron chi connectivity index (χ3n) is 1.95. The number of fused-ring (bicyclic) bond motifs is 1. The van der Waals surface area contributed by atoms with E-state index < -0.39 is 0 Å². The third-order valence-corrected chi connectivity index (χ3v) is 3.01. The Kier molecular flexibility index (Phi) is 2.27. The fourth-order valence-electron chi connectivity index (χ4n) is 1.45. The van der Waals surface area contributed by atoms with Crippen molar-refractivity contribution >= 4 is 21.6 Å². The summed E-state index contributed by atoms with van der Waals surface area (Å²) in [5.41, 5.74) is 1.41. The van der Waals surface area contributed by atoms with Gasteiger partial charge >= 0.3 is 0 Å². The molecule has 2 heterocycles. The maximum absolute atomic E-state index is 4.23. The second kappa shape index (κ2) is 3.31. The standard InChI is InChI=1S/C11H14N2S/c1-11(2,3)5-8-4-9-10(14-8)6-12-7-13-9/h4,6-7H,5H2,1-3H3. The summed E-state index contributed by atoms with van der Waals surface area (Å²) in [5, 5.41) is 0. The van der Waals surface area contributed by atoms with Crippen LogP contribution in [0.25, 0.3) is 10.2 Å². The molecule has 0 aliphatic heterocycles. The lowest BCUT2D eigenvalue weighted by Crippen LogP contribution is -2.07. The van der Waals surface area contributed by atoms with Crippen molar-refractivity contribution < 1.29 is 0 Å². The van der Waals surface area contributed by atoms with Crippen LogP contribution in [0.4, 0.5) is 0 Å². The van der Waals surface area contributed by atoms with Gasteiger partial charge in [-0.05, 0) is 17.9 Å². The maximum Gasteiger partial charge on any atom is 0.116 e. The Morgan fingerprint density at radius 1 is 1.36 bits per heavy atom. The molecule has 74 valence electrons. The first-order valence-electron chi connectivity index (χ1n) is 4.73. The quantitative estimate of drug-likeness (QED) is 0.715. The van der Waals surface area contributed by atoms with Gasteiger partial charge in [0.1, 0.15) is 6.33 Å². The third kappa shape index (κ3) is 2.10. The van der Waals surface area contributed by atoms with Gasteiger partial charge in [-0.25, -0.2) is 9.97 Å². The van der Waals surface area contributed by atoms with Crippen LogP contribution in [-0.4, -0.2) is 9.97 Å². The summed E-state index contributed by atoms with van der Waals surface area (Å²) in [4.78, 5) is 9.65. The molecule has 0 saturated heterocycles. The van der Waals surface area contributed by atoms with Gasteiger partial charge in [0, 0.05) is 11.1 Å². The zero-order valence-corrected chi connectivity index (χ0v) is 9.56. The highest BCUT2D eigenvalue weighted by Crippen LogP contribution is 2.29. The van der Waals surface area contributed by atoms with Crippen LogP contribution in [0.2, 0.25) is 0 Å². The lowest BCUT2D eigenvalue weighted by atomic mass is 9.92. The summed E-state index contributed by atoms with van der Waals surface area (Å²) in [6.45, 7) is 6.76. The van der Waals surface area contributed by atoms with Crippen molar-refractivity contribution in [2.75, 3.05) is 0 Å². The van der Waals surface area contributed by atoms with E-state index in [4.69, 9.17) is 0 Å². The number of hydrogen-bond donors (Lipinski definition) is 0. The summed E-state index contributed by atoms with van der Waals surface area (Å²) < 4.78 is 1.19. The van der Waals surface area contributed by atoms with Crippen LogP contribution in [0.15, 0.2) is 18.6 Å². The van der Waals surface area contributed by atoms with Crippen LogP contribution in [0, 0.1) is 5.41 Å². The number of nitrogens with zero attached hydrogens (tertiary/aromatic N) is 2. The van der Waals surface area contributed by atoms with Crippen LogP contribution < -0.4 is 0 Å². The van der Waals surface area contributed by atoms with E-state index in [2.05, 4.69) is 36.8 Å². The predicted molar refractivity (Wildman–Crippen MR) is 60.6 cm³/mol. The molecule has 0 amide bonds. The maximum atomic E-state index is 4.23.